The summed E-state index contributed by atoms with van der Waals surface area (Å²) in [6.07, 6.45) is 1.47. The molecular weight excluding hydrogens is 426 g/mol. The molecule has 32 heavy (non-hydrogen) atoms. The number of hydrogen-bond donors (Lipinski definition) is 2. The van der Waals surface area contributed by atoms with Gasteiger partial charge >= 0.3 is 0 Å². The molecule has 0 aliphatic carbocycles. The van der Waals surface area contributed by atoms with Crippen LogP contribution in [0.25, 0.3) is 6.08 Å². The van der Waals surface area contributed by atoms with Gasteiger partial charge in [-0.2, -0.15) is 5.26 Å². The molecule has 0 aliphatic heterocycles. The molecule has 2 amide bonds. The number of anilines is 1. The molecule has 0 aliphatic rings. The largest absolute Gasteiger partial charge is 0.484 e. The number of hydrogen-bond acceptors (Lipinski definition) is 4. The summed E-state index contributed by atoms with van der Waals surface area (Å²) in [6.45, 7) is 0.314. The molecule has 0 saturated carbocycles. The molecule has 0 atom stereocenters. The zero-order chi connectivity index (χ0) is 22.8. The maximum atomic E-state index is 12.4. The number of nitrogens with one attached hydrogen (secondary N) is 2. The fourth-order valence-electron chi connectivity index (χ4n) is 2.74. The van der Waals surface area contributed by atoms with Gasteiger partial charge in [0.05, 0.1) is 0 Å². The lowest BCUT2D eigenvalue weighted by Crippen LogP contribution is -2.28. The summed E-state index contributed by atoms with van der Waals surface area (Å²) in [5.74, 6) is -0.272. The summed E-state index contributed by atoms with van der Waals surface area (Å²) in [4.78, 5) is 24.3. The summed E-state index contributed by atoms with van der Waals surface area (Å²) in [5.41, 5.74) is 2.09. The number of amides is 2. The summed E-state index contributed by atoms with van der Waals surface area (Å²) >= 11 is 5.91. The Bertz CT molecular complexity index is 1150. The van der Waals surface area contributed by atoms with Crippen molar-refractivity contribution in [3.8, 4) is 11.8 Å². The van der Waals surface area contributed by atoms with Crippen molar-refractivity contribution in [2.24, 2.45) is 0 Å². The van der Waals surface area contributed by atoms with Crippen molar-refractivity contribution >= 4 is 35.2 Å². The fraction of sp³-hybridized carbons (Fsp3) is 0.0800. The maximum Gasteiger partial charge on any atom is 0.266 e. The third kappa shape index (κ3) is 7.01. The van der Waals surface area contributed by atoms with Crippen molar-refractivity contribution in [3.63, 3.8) is 0 Å². The monoisotopic (exact) mass is 445 g/mol. The first-order chi connectivity index (χ1) is 15.5. The van der Waals surface area contributed by atoms with E-state index in [4.69, 9.17) is 16.3 Å². The number of carbonyl (C=O) groups is 2. The minimum Gasteiger partial charge on any atom is -0.484 e. The molecule has 3 aromatic carbocycles. The van der Waals surface area contributed by atoms with E-state index in [0.29, 0.717) is 28.6 Å². The van der Waals surface area contributed by atoms with E-state index in [0.717, 1.165) is 5.56 Å². The Labute approximate surface area is 191 Å². The third-order valence-corrected chi connectivity index (χ3v) is 4.58. The van der Waals surface area contributed by atoms with Gasteiger partial charge in [-0.3, -0.25) is 9.59 Å². The van der Waals surface area contributed by atoms with Crippen LogP contribution in [0.2, 0.25) is 5.02 Å². The molecule has 3 rings (SSSR count). The van der Waals surface area contributed by atoms with Crippen molar-refractivity contribution < 1.29 is 14.3 Å². The predicted molar refractivity (Wildman–Crippen MR) is 124 cm³/mol. The van der Waals surface area contributed by atoms with Gasteiger partial charge in [0.15, 0.2) is 6.61 Å². The molecule has 0 unspecified atom stereocenters. The van der Waals surface area contributed by atoms with Crippen LogP contribution in [0.5, 0.6) is 5.75 Å². The van der Waals surface area contributed by atoms with Gasteiger partial charge in [-0.05, 0) is 47.5 Å². The molecule has 0 fully saturated rings. The smallest absolute Gasteiger partial charge is 0.266 e. The standard InChI is InChI=1S/C25H20ClN3O3/c26-21-7-4-8-22(14-21)29-25(31)20(15-27)13-18-9-11-23(12-10-18)32-17-24(30)28-16-19-5-2-1-3-6-19/h1-14H,16-17H2,(H,28,30)(H,29,31)/b20-13+. The van der Waals surface area contributed by atoms with E-state index in [1.807, 2.05) is 36.4 Å². The van der Waals surface area contributed by atoms with Gasteiger partial charge in [0.25, 0.3) is 11.8 Å². The van der Waals surface area contributed by atoms with Gasteiger partial charge in [0.2, 0.25) is 0 Å². The summed E-state index contributed by atoms with van der Waals surface area (Å²) < 4.78 is 5.49. The SMILES string of the molecule is N#C/C(=C\c1ccc(OCC(=O)NCc2ccccc2)cc1)C(=O)Nc1cccc(Cl)c1. The topological polar surface area (TPSA) is 91.2 Å². The Balaban J connectivity index is 1.53. The van der Waals surface area contributed by atoms with Gasteiger partial charge in [-0.25, -0.2) is 0 Å². The Kier molecular flexibility index (Phi) is 8.02. The normalized spacial score (nSPS) is 10.7. The van der Waals surface area contributed by atoms with Crippen molar-refractivity contribution in [1.82, 2.24) is 5.32 Å². The van der Waals surface area contributed by atoms with E-state index in [1.54, 1.807) is 48.5 Å². The summed E-state index contributed by atoms with van der Waals surface area (Å²) in [7, 11) is 0. The van der Waals surface area contributed by atoms with E-state index in [2.05, 4.69) is 10.6 Å². The average Bonchev–Trinajstić information content (AvgIpc) is 2.81. The molecule has 160 valence electrons. The highest BCUT2D eigenvalue weighted by molar-refractivity contribution is 6.31. The van der Waals surface area contributed by atoms with Crippen LogP contribution in [0.15, 0.2) is 84.4 Å². The van der Waals surface area contributed by atoms with Crippen LogP contribution in [-0.2, 0) is 16.1 Å². The molecule has 3 aromatic rings. The highest BCUT2D eigenvalue weighted by Gasteiger charge is 2.10. The first kappa shape index (κ1) is 22.6. The molecule has 0 radical (unpaired) electrons. The van der Waals surface area contributed by atoms with Crippen molar-refractivity contribution in [3.05, 3.63) is 101 Å². The van der Waals surface area contributed by atoms with Gasteiger partial charge in [0, 0.05) is 17.3 Å². The van der Waals surface area contributed by atoms with Gasteiger partial charge in [-0.1, -0.05) is 60.1 Å². The molecule has 2 N–H and O–H groups in total. The first-order valence-corrected chi connectivity index (χ1v) is 10.1. The zero-order valence-electron chi connectivity index (χ0n) is 17.0. The molecule has 0 aromatic heterocycles. The number of nitrogens with zero attached hydrogens (tertiary/aromatic N) is 1. The van der Waals surface area contributed by atoms with Crippen molar-refractivity contribution in [2.75, 3.05) is 11.9 Å². The number of rotatable bonds is 8. The summed E-state index contributed by atoms with van der Waals surface area (Å²) in [6, 6.07) is 24.9. The zero-order valence-corrected chi connectivity index (χ0v) is 17.8. The van der Waals surface area contributed by atoms with Crippen LogP contribution in [0.4, 0.5) is 5.69 Å². The van der Waals surface area contributed by atoms with Crippen LogP contribution < -0.4 is 15.4 Å². The first-order valence-electron chi connectivity index (χ1n) is 9.76. The predicted octanol–water partition coefficient (Wildman–Crippen LogP) is 4.58. The van der Waals surface area contributed by atoms with E-state index >= 15 is 0 Å². The Morgan fingerprint density at radius 2 is 1.75 bits per heavy atom. The number of ether oxygens (including phenoxy) is 1. The second-order valence-electron chi connectivity index (χ2n) is 6.75. The number of nitriles is 1. The lowest BCUT2D eigenvalue weighted by atomic mass is 10.1. The third-order valence-electron chi connectivity index (χ3n) is 4.34. The molecule has 7 heteroatoms. The van der Waals surface area contributed by atoms with E-state index in [1.165, 1.54) is 6.08 Å². The number of halogens is 1. The lowest BCUT2D eigenvalue weighted by molar-refractivity contribution is -0.123. The van der Waals surface area contributed by atoms with Crippen LogP contribution >= 0.6 is 11.6 Å². The number of carbonyl (C=O) groups excluding carboxylic acids is 2. The van der Waals surface area contributed by atoms with E-state index in [-0.39, 0.29) is 18.1 Å². The quantitative estimate of drug-likeness (QED) is 0.392. The van der Waals surface area contributed by atoms with Gasteiger partial charge < -0.3 is 15.4 Å². The number of benzene rings is 3. The lowest BCUT2D eigenvalue weighted by Gasteiger charge is -2.08. The minimum atomic E-state index is -0.537. The minimum absolute atomic E-state index is 0.0565. The summed E-state index contributed by atoms with van der Waals surface area (Å²) in [5, 5.41) is 15.3. The van der Waals surface area contributed by atoms with Gasteiger partial charge in [-0.15, -0.1) is 0 Å². The maximum absolute atomic E-state index is 12.4. The fourth-order valence-corrected chi connectivity index (χ4v) is 2.93. The Morgan fingerprint density at radius 3 is 2.44 bits per heavy atom. The second kappa shape index (κ2) is 11.3. The molecule has 6 nitrogen and oxygen atoms in total. The van der Waals surface area contributed by atoms with Crippen molar-refractivity contribution in [2.45, 2.75) is 6.54 Å². The van der Waals surface area contributed by atoms with Crippen molar-refractivity contribution in [1.29, 1.82) is 5.26 Å². The van der Waals surface area contributed by atoms with E-state index in [9.17, 15) is 14.9 Å². The molecule has 0 saturated heterocycles. The Morgan fingerprint density at radius 1 is 1.00 bits per heavy atom. The average molecular weight is 446 g/mol. The molecule has 0 heterocycles. The van der Waals surface area contributed by atoms with E-state index < -0.39 is 5.91 Å². The van der Waals surface area contributed by atoms with Crippen LogP contribution in [0.3, 0.4) is 0 Å². The van der Waals surface area contributed by atoms with Gasteiger partial charge in [0.1, 0.15) is 17.4 Å². The molecule has 0 bridgehead atoms. The van der Waals surface area contributed by atoms with Crippen LogP contribution in [-0.4, -0.2) is 18.4 Å². The second-order valence-corrected chi connectivity index (χ2v) is 7.19. The van der Waals surface area contributed by atoms with Crippen LogP contribution in [0, 0.1) is 11.3 Å². The molecular formula is C25H20ClN3O3. The highest BCUT2D eigenvalue weighted by atomic mass is 35.5. The molecule has 0 spiro atoms. The highest BCUT2D eigenvalue weighted by Crippen LogP contribution is 2.18. The Hall–Kier alpha value is -4.08. The van der Waals surface area contributed by atoms with Crippen LogP contribution in [0.1, 0.15) is 11.1 Å².